The fraction of sp³-hybridized carbons (Fsp3) is 0.217. The number of hydrogen-bond donors (Lipinski definition) is 3. The van der Waals surface area contributed by atoms with Crippen molar-refractivity contribution in [2.24, 2.45) is 0 Å². The number of sulfonamides is 1. The monoisotopic (exact) mass is 483 g/mol. The predicted octanol–water partition coefficient (Wildman–Crippen LogP) is 2.22. The summed E-state index contributed by atoms with van der Waals surface area (Å²) >= 11 is 0. The van der Waals surface area contributed by atoms with Crippen LogP contribution in [0.15, 0.2) is 64.3 Å². The third-order valence-electron chi connectivity index (χ3n) is 4.83. The van der Waals surface area contributed by atoms with Crippen LogP contribution >= 0.6 is 0 Å². The number of nitrogens with zero attached hydrogens (tertiary/aromatic N) is 2. The Labute approximate surface area is 197 Å². The Morgan fingerprint density at radius 1 is 1.03 bits per heavy atom. The molecule has 0 radical (unpaired) electrons. The van der Waals surface area contributed by atoms with Gasteiger partial charge in [0.25, 0.3) is 5.56 Å². The second-order valence-electron chi connectivity index (χ2n) is 7.53. The fourth-order valence-corrected chi connectivity index (χ4v) is 4.28. The van der Waals surface area contributed by atoms with Crippen LogP contribution in [0.4, 0.5) is 11.4 Å². The number of aryl methyl sites for hydroxylation is 1. The normalized spacial score (nSPS) is 11.3. The van der Waals surface area contributed by atoms with Gasteiger partial charge in [0.2, 0.25) is 21.8 Å². The maximum atomic E-state index is 12.8. The van der Waals surface area contributed by atoms with Gasteiger partial charge in [-0.15, -0.1) is 0 Å². The van der Waals surface area contributed by atoms with Crippen molar-refractivity contribution in [2.45, 2.75) is 25.2 Å². The molecule has 10 nitrogen and oxygen atoms in total. The molecule has 0 atom stereocenters. The molecule has 1 aromatic heterocycles. The molecule has 1 heterocycles. The van der Waals surface area contributed by atoms with Gasteiger partial charge < -0.3 is 15.6 Å². The van der Waals surface area contributed by atoms with Gasteiger partial charge in [-0.2, -0.15) is 4.31 Å². The Hall–Kier alpha value is -3.83. The second kappa shape index (κ2) is 10.4. The van der Waals surface area contributed by atoms with Crippen molar-refractivity contribution in [1.82, 2.24) is 14.3 Å². The number of nitrogens with one attached hydrogen (secondary N) is 3. The van der Waals surface area contributed by atoms with E-state index >= 15 is 0 Å². The zero-order valence-corrected chi connectivity index (χ0v) is 19.8. The third-order valence-corrected chi connectivity index (χ3v) is 6.64. The minimum absolute atomic E-state index is 0.00951. The van der Waals surface area contributed by atoms with Crippen molar-refractivity contribution in [3.63, 3.8) is 0 Å². The topological polar surface area (TPSA) is 141 Å². The number of hydrogen-bond acceptors (Lipinski definition) is 6. The number of anilines is 2. The molecule has 3 rings (SSSR count). The van der Waals surface area contributed by atoms with Gasteiger partial charge in [0.15, 0.2) is 0 Å². The Bertz CT molecular complexity index is 1370. The maximum Gasteiger partial charge on any atom is 0.251 e. The number of rotatable bonds is 8. The molecule has 0 saturated heterocycles. The van der Waals surface area contributed by atoms with Crippen molar-refractivity contribution in [2.75, 3.05) is 24.2 Å². The van der Waals surface area contributed by atoms with E-state index in [2.05, 4.69) is 20.6 Å². The number of aromatic nitrogens is 2. The third kappa shape index (κ3) is 6.15. The lowest BCUT2D eigenvalue weighted by Gasteiger charge is -2.17. The van der Waals surface area contributed by atoms with Crippen LogP contribution in [0.1, 0.15) is 19.5 Å². The molecule has 3 aromatic rings. The molecule has 2 aromatic carbocycles. The van der Waals surface area contributed by atoms with Crippen LogP contribution in [-0.2, 0) is 26.0 Å². The molecule has 0 aliphatic heterocycles. The number of likely N-dealkylation sites (N-methyl/N-ethyl adjacent to an activating group) is 1. The van der Waals surface area contributed by atoms with E-state index in [-0.39, 0.29) is 16.4 Å². The van der Waals surface area contributed by atoms with Gasteiger partial charge in [-0.25, -0.2) is 13.4 Å². The average Bonchev–Trinajstić information content (AvgIpc) is 2.78. The molecule has 3 N–H and O–H groups in total. The van der Waals surface area contributed by atoms with Crippen molar-refractivity contribution >= 4 is 33.2 Å². The highest BCUT2D eigenvalue weighted by Gasteiger charge is 2.23. The highest BCUT2D eigenvalue weighted by atomic mass is 32.2. The summed E-state index contributed by atoms with van der Waals surface area (Å²) in [6, 6.07) is 13.8. The molecule has 11 heteroatoms. The summed E-state index contributed by atoms with van der Waals surface area (Å²) in [6.07, 6.45) is 0.601. The van der Waals surface area contributed by atoms with E-state index in [0.29, 0.717) is 34.9 Å². The molecule has 0 aliphatic rings. The van der Waals surface area contributed by atoms with Crippen LogP contribution in [0.5, 0.6) is 0 Å². The zero-order chi connectivity index (χ0) is 24.9. The smallest absolute Gasteiger partial charge is 0.251 e. The summed E-state index contributed by atoms with van der Waals surface area (Å²) < 4.78 is 26.5. The summed E-state index contributed by atoms with van der Waals surface area (Å²) in [5.41, 5.74) is 1.87. The van der Waals surface area contributed by atoms with E-state index < -0.39 is 22.5 Å². The van der Waals surface area contributed by atoms with Gasteiger partial charge in [-0.3, -0.25) is 14.4 Å². The number of aromatic amines is 1. The van der Waals surface area contributed by atoms with E-state index in [4.69, 9.17) is 0 Å². The first-order chi connectivity index (χ1) is 16.1. The summed E-state index contributed by atoms with van der Waals surface area (Å²) in [7, 11) is -2.62. The maximum absolute atomic E-state index is 12.8. The molecule has 0 fully saturated rings. The lowest BCUT2D eigenvalue weighted by atomic mass is 10.1. The SMILES string of the molecule is CCc1cc(=O)[nH]c(-c2cccc(NC(=O)CN(C)S(=O)(=O)c3ccc(NC(C)=O)cc3)c2)n1. The van der Waals surface area contributed by atoms with E-state index in [1.807, 2.05) is 6.92 Å². The molecule has 0 bridgehead atoms. The molecule has 2 amide bonds. The fourth-order valence-electron chi connectivity index (χ4n) is 3.15. The quantitative estimate of drug-likeness (QED) is 0.449. The molecular formula is C23H25N5O5S. The van der Waals surface area contributed by atoms with Crippen LogP contribution in [0.2, 0.25) is 0 Å². The Kier molecular flexibility index (Phi) is 7.59. The first-order valence-electron chi connectivity index (χ1n) is 10.4. The van der Waals surface area contributed by atoms with E-state index in [0.717, 1.165) is 4.31 Å². The molecule has 178 valence electrons. The second-order valence-corrected chi connectivity index (χ2v) is 9.58. The van der Waals surface area contributed by atoms with Crippen LogP contribution in [0, 0.1) is 0 Å². The molecule has 0 unspecified atom stereocenters. The number of carbonyl (C=O) groups is 2. The van der Waals surface area contributed by atoms with E-state index in [9.17, 15) is 22.8 Å². The largest absolute Gasteiger partial charge is 0.326 e. The average molecular weight is 484 g/mol. The number of benzene rings is 2. The van der Waals surface area contributed by atoms with Crippen LogP contribution < -0.4 is 16.2 Å². The lowest BCUT2D eigenvalue weighted by Crippen LogP contribution is -2.35. The lowest BCUT2D eigenvalue weighted by molar-refractivity contribution is -0.116. The van der Waals surface area contributed by atoms with Crippen LogP contribution in [0.3, 0.4) is 0 Å². The summed E-state index contributed by atoms with van der Waals surface area (Å²) in [6.45, 7) is 2.83. The first kappa shape index (κ1) is 24.8. The van der Waals surface area contributed by atoms with Gasteiger partial charge in [0.1, 0.15) is 5.82 Å². The van der Waals surface area contributed by atoms with Gasteiger partial charge in [-0.05, 0) is 42.8 Å². The van der Waals surface area contributed by atoms with Gasteiger partial charge in [-0.1, -0.05) is 19.1 Å². The molecule has 0 aliphatic carbocycles. The zero-order valence-electron chi connectivity index (χ0n) is 19.0. The first-order valence-corrected chi connectivity index (χ1v) is 11.9. The number of amides is 2. The molecular weight excluding hydrogens is 458 g/mol. The Morgan fingerprint density at radius 3 is 2.38 bits per heavy atom. The summed E-state index contributed by atoms with van der Waals surface area (Å²) in [5.74, 6) is -0.432. The van der Waals surface area contributed by atoms with Crippen molar-refractivity contribution < 1.29 is 18.0 Å². The van der Waals surface area contributed by atoms with Crippen molar-refractivity contribution in [3.05, 3.63) is 70.6 Å². The summed E-state index contributed by atoms with van der Waals surface area (Å²) in [4.78, 5) is 42.6. The highest BCUT2D eigenvalue weighted by Crippen LogP contribution is 2.20. The van der Waals surface area contributed by atoms with Crippen molar-refractivity contribution in [1.29, 1.82) is 0 Å². The van der Waals surface area contributed by atoms with Gasteiger partial charge in [0.05, 0.1) is 11.4 Å². The van der Waals surface area contributed by atoms with E-state index in [1.165, 1.54) is 44.3 Å². The minimum Gasteiger partial charge on any atom is -0.326 e. The molecule has 34 heavy (non-hydrogen) atoms. The standard InChI is InChI=1S/C23H25N5O5S/c1-4-17-13-21(30)27-23(26-17)16-6-5-7-19(12-16)25-22(31)14-28(3)34(32,33)20-10-8-18(9-11-20)24-15(2)29/h5-13H,4,14H2,1-3H3,(H,24,29)(H,25,31)(H,26,27,30). The Balaban J connectivity index is 1.70. The van der Waals surface area contributed by atoms with Crippen LogP contribution in [0.25, 0.3) is 11.4 Å². The van der Waals surface area contributed by atoms with Gasteiger partial charge >= 0.3 is 0 Å². The minimum atomic E-state index is -3.93. The van der Waals surface area contributed by atoms with E-state index in [1.54, 1.807) is 24.3 Å². The van der Waals surface area contributed by atoms with Gasteiger partial charge in [0, 0.05) is 42.7 Å². The Morgan fingerprint density at radius 2 is 1.74 bits per heavy atom. The molecule has 0 saturated carbocycles. The van der Waals surface area contributed by atoms with Crippen molar-refractivity contribution in [3.8, 4) is 11.4 Å². The number of carbonyl (C=O) groups excluding carboxylic acids is 2. The summed E-state index contributed by atoms with van der Waals surface area (Å²) in [5, 5.41) is 5.23. The molecule has 0 spiro atoms. The van der Waals surface area contributed by atoms with Crippen LogP contribution in [-0.4, -0.2) is 48.1 Å². The highest BCUT2D eigenvalue weighted by molar-refractivity contribution is 7.89. The predicted molar refractivity (Wildman–Crippen MR) is 129 cm³/mol. The number of H-pyrrole nitrogens is 1.